The molecule has 0 bridgehead atoms. The summed E-state index contributed by atoms with van der Waals surface area (Å²) in [4.78, 5) is 29.7. The lowest BCUT2D eigenvalue weighted by atomic mass is 9.77. The normalized spacial score (nSPS) is 27.8. The third-order valence-electron chi connectivity index (χ3n) is 8.34. The molecule has 4 heterocycles. The lowest BCUT2D eigenvalue weighted by Gasteiger charge is -2.45. The number of nitrogens with zero attached hydrogens (tertiary/aromatic N) is 2. The molecule has 1 aromatic carbocycles. The SMILES string of the molecule is CC1CCCC(NC(=O)C2(C)Cn3c(cc4sccc43)C(=O)N2Cc2ccc3c(c2)OCO3)C1C. The Hall–Kier alpha value is -3.00. The van der Waals surface area contributed by atoms with Gasteiger partial charge in [0.25, 0.3) is 5.91 Å². The molecular formula is C27H31N3O4S. The van der Waals surface area contributed by atoms with Crippen molar-refractivity contribution in [3.8, 4) is 11.5 Å². The van der Waals surface area contributed by atoms with Crippen molar-refractivity contribution < 1.29 is 19.1 Å². The molecule has 35 heavy (non-hydrogen) atoms. The molecule has 1 fully saturated rings. The number of rotatable bonds is 4. The van der Waals surface area contributed by atoms with Crippen LogP contribution in [0, 0.1) is 11.8 Å². The van der Waals surface area contributed by atoms with Crippen LogP contribution in [0.4, 0.5) is 0 Å². The van der Waals surface area contributed by atoms with Crippen LogP contribution in [0.3, 0.4) is 0 Å². The van der Waals surface area contributed by atoms with Gasteiger partial charge in [0, 0.05) is 12.6 Å². The summed E-state index contributed by atoms with van der Waals surface area (Å²) < 4.78 is 14.1. The Bertz CT molecular complexity index is 1310. The zero-order valence-corrected chi connectivity index (χ0v) is 21.2. The Morgan fingerprint density at radius 3 is 2.86 bits per heavy atom. The molecule has 1 saturated carbocycles. The van der Waals surface area contributed by atoms with Gasteiger partial charge in [-0.3, -0.25) is 9.59 Å². The van der Waals surface area contributed by atoms with Crippen molar-refractivity contribution >= 4 is 33.4 Å². The third kappa shape index (κ3) is 3.61. The van der Waals surface area contributed by atoms with Crippen molar-refractivity contribution in [2.75, 3.05) is 6.79 Å². The van der Waals surface area contributed by atoms with Crippen LogP contribution in [-0.2, 0) is 17.9 Å². The number of carbonyl (C=O) groups is 2. The number of hydrogen-bond acceptors (Lipinski definition) is 5. The highest BCUT2D eigenvalue weighted by molar-refractivity contribution is 7.17. The van der Waals surface area contributed by atoms with Gasteiger partial charge in [0.1, 0.15) is 11.2 Å². The Balaban J connectivity index is 1.37. The van der Waals surface area contributed by atoms with Crippen molar-refractivity contribution in [2.24, 2.45) is 11.8 Å². The molecule has 1 N–H and O–H groups in total. The van der Waals surface area contributed by atoms with Crippen LogP contribution in [-0.4, -0.2) is 39.7 Å². The molecule has 3 aromatic rings. The fourth-order valence-electron chi connectivity index (χ4n) is 5.85. The van der Waals surface area contributed by atoms with Crippen LogP contribution < -0.4 is 14.8 Å². The standard InChI is InChI=1S/C27H31N3O4S/c1-16-5-4-6-19(17(16)2)28-26(32)27(3)14-29-20-9-10-35-24(20)12-21(29)25(31)30(27)13-18-7-8-22-23(11-18)34-15-33-22/h7-12,16-17,19H,4-6,13-15H2,1-3H3,(H,28,32). The maximum atomic E-state index is 14.0. The lowest BCUT2D eigenvalue weighted by Crippen LogP contribution is -2.65. The van der Waals surface area contributed by atoms with Gasteiger partial charge in [0.15, 0.2) is 11.5 Å². The quantitative estimate of drug-likeness (QED) is 0.567. The molecule has 4 unspecified atom stereocenters. The van der Waals surface area contributed by atoms with Gasteiger partial charge in [-0.1, -0.05) is 32.8 Å². The summed E-state index contributed by atoms with van der Waals surface area (Å²) in [5, 5.41) is 5.40. The van der Waals surface area contributed by atoms with Gasteiger partial charge in [-0.2, -0.15) is 0 Å². The third-order valence-corrected chi connectivity index (χ3v) is 9.19. The fourth-order valence-corrected chi connectivity index (χ4v) is 6.67. The molecule has 0 radical (unpaired) electrons. The zero-order chi connectivity index (χ0) is 24.3. The topological polar surface area (TPSA) is 72.8 Å². The van der Waals surface area contributed by atoms with Crippen LogP contribution >= 0.6 is 11.3 Å². The van der Waals surface area contributed by atoms with E-state index in [2.05, 4.69) is 19.2 Å². The van der Waals surface area contributed by atoms with E-state index in [-0.39, 0.29) is 24.6 Å². The highest BCUT2D eigenvalue weighted by Gasteiger charge is 2.48. The van der Waals surface area contributed by atoms with Gasteiger partial charge in [-0.15, -0.1) is 11.3 Å². The molecule has 6 rings (SSSR count). The minimum absolute atomic E-state index is 0.0831. The molecule has 4 atom stereocenters. The number of carbonyl (C=O) groups excluding carboxylic acids is 2. The van der Waals surface area contributed by atoms with E-state index in [1.54, 1.807) is 16.2 Å². The smallest absolute Gasteiger partial charge is 0.271 e. The van der Waals surface area contributed by atoms with Gasteiger partial charge in [-0.25, -0.2) is 0 Å². The van der Waals surface area contributed by atoms with Crippen LogP contribution in [0.15, 0.2) is 35.7 Å². The number of nitrogens with one attached hydrogen (secondary N) is 1. The van der Waals surface area contributed by atoms with E-state index in [1.165, 1.54) is 6.42 Å². The summed E-state index contributed by atoms with van der Waals surface area (Å²) in [6, 6.07) is 9.83. The maximum Gasteiger partial charge on any atom is 0.271 e. The van der Waals surface area contributed by atoms with Gasteiger partial charge < -0.3 is 24.3 Å². The number of benzene rings is 1. The molecule has 8 heteroatoms. The molecule has 7 nitrogen and oxygen atoms in total. The van der Waals surface area contributed by atoms with E-state index >= 15 is 0 Å². The van der Waals surface area contributed by atoms with Crippen LogP contribution in [0.2, 0.25) is 0 Å². The van der Waals surface area contributed by atoms with E-state index in [9.17, 15) is 9.59 Å². The van der Waals surface area contributed by atoms with Crippen molar-refractivity contribution in [2.45, 2.75) is 64.7 Å². The Kier molecular flexibility index (Phi) is 5.32. The molecule has 2 amide bonds. The molecule has 2 aliphatic heterocycles. The average molecular weight is 494 g/mol. The molecule has 0 saturated heterocycles. The number of ether oxygens (including phenoxy) is 2. The minimum atomic E-state index is -1.03. The number of fused-ring (bicyclic) bond motifs is 4. The summed E-state index contributed by atoms with van der Waals surface area (Å²) in [5.41, 5.74) is 1.52. The van der Waals surface area contributed by atoms with E-state index in [0.29, 0.717) is 42.1 Å². The first-order chi connectivity index (χ1) is 16.8. The summed E-state index contributed by atoms with van der Waals surface area (Å²) in [6.45, 7) is 7.33. The van der Waals surface area contributed by atoms with E-state index in [1.807, 2.05) is 47.2 Å². The van der Waals surface area contributed by atoms with E-state index < -0.39 is 5.54 Å². The van der Waals surface area contributed by atoms with Crippen molar-refractivity contribution in [3.63, 3.8) is 0 Å². The summed E-state index contributed by atoms with van der Waals surface area (Å²) >= 11 is 1.62. The summed E-state index contributed by atoms with van der Waals surface area (Å²) in [6.07, 6.45) is 3.29. The largest absolute Gasteiger partial charge is 0.454 e. The lowest BCUT2D eigenvalue weighted by molar-refractivity contribution is -0.134. The number of thiophene rings is 1. The van der Waals surface area contributed by atoms with Crippen molar-refractivity contribution in [1.29, 1.82) is 0 Å². The first-order valence-electron chi connectivity index (χ1n) is 12.4. The predicted octanol–water partition coefficient (Wildman–Crippen LogP) is 4.79. The fraction of sp³-hybridized carbons (Fsp3) is 0.481. The molecule has 0 spiro atoms. The van der Waals surface area contributed by atoms with Gasteiger partial charge >= 0.3 is 0 Å². The highest BCUT2D eigenvalue weighted by Crippen LogP contribution is 2.38. The van der Waals surface area contributed by atoms with Crippen LogP contribution in [0.25, 0.3) is 10.2 Å². The number of hydrogen-bond donors (Lipinski definition) is 1. The summed E-state index contributed by atoms with van der Waals surface area (Å²) in [7, 11) is 0. The predicted molar refractivity (Wildman–Crippen MR) is 135 cm³/mol. The Morgan fingerprint density at radius 2 is 2.00 bits per heavy atom. The molecular weight excluding hydrogens is 462 g/mol. The maximum absolute atomic E-state index is 14.0. The Labute approximate surface area is 209 Å². The van der Waals surface area contributed by atoms with Gasteiger partial charge in [0.05, 0.1) is 16.8 Å². The number of amides is 2. The van der Waals surface area contributed by atoms with E-state index in [4.69, 9.17) is 9.47 Å². The molecule has 184 valence electrons. The monoisotopic (exact) mass is 493 g/mol. The zero-order valence-electron chi connectivity index (χ0n) is 20.4. The second-order valence-corrected chi connectivity index (χ2v) is 11.4. The second kappa shape index (κ2) is 8.29. The molecule has 2 aromatic heterocycles. The first kappa shape index (κ1) is 22.5. The Morgan fingerprint density at radius 1 is 1.17 bits per heavy atom. The minimum Gasteiger partial charge on any atom is -0.454 e. The highest BCUT2D eigenvalue weighted by atomic mass is 32.1. The van der Waals surface area contributed by atoms with Crippen LogP contribution in [0.1, 0.15) is 56.1 Å². The van der Waals surface area contributed by atoms with Gasteiger partial charge in [0.2, 0.25) is 12.7 Å². The molecule has 1 aliphatic carbocycles. The molecule has 3 aliphatic rings. The average Bonchev–Trinajstić information content (AvgIpc) is 3.56. The van der Waals surface area contributed by atoms with Crippen molar-refractivity contribution in [3.05, 3.63) is 47.0 Å². The second-order valence-electron chi connectivity index (χ2n) is 10.5. The van der Waals surface area contributed by atoms with E-state index in [0.717, 1.165) is 28.6 Å². The number of aromatic nitrogens is 1. The van der Waals surface area contributed by atoms with Gasteiger partial charge in [-0.05, 0) is 60.4 Å². The van der Waals surface area contributed by atoms with Crippen LogP contribution in [0.5, 0.6) is 11.5 Å². The first-order valence-corrected chi connectivity index (χ1v) is 13.3. The summed E-state index contributed by atoms with van der Waals surface area (Å²) in [5.74, 6) is 2.14. The van der Waals surface area contributed by atoms with Crippen molar-refractivity contribution in [1.82, 2.24) is 14.8 Å².